The number of carbonyl (C=O) groups is 1. The third-order valence-electron chi connectivity index (χ3n) is 4.10. The van der Waals surface area contributed by atoms with Gasteiger partial charge in [0.2, 0.25) is 0 Å². The van der Waals surface area contributed by atoms with Crippen molar-refractivity contribution in [3.63, 3.8) is 0 Å². The monoisotopic (exact) mass is 427 g/mol. The van der Waals surface area contributed by atoms with Gasteiger partial charge in [0.1, 0.15) is 0 Å². The molecule has 0 atom stereocenters. The summed E-state index contributed by atoms with van der Waals surface area (Å²) in [6.07, 6.45) is -4.23. The standard InChI is InChI=1S/C13H13F12NO/c14-7(15)9(16,17)11(20,21)13(24,25)12(22,23)10(18,19)8(27)26-6-4-2-1-3-5-6/h6-7H,1-5H2,(H,26,27). The molecule has 1 amide bonds. The van der Waals surface area contributed by atoms with Gasteiger partial charge in [-0.1, -0.05) is 19.3 Å². The summed E-state index contributed by atoms with van der Waals surface area (Å²) in [6.45, 7) is 0. The van der Waals surface area contributed by atoms with Crippen LogP contribution in [0.4, 0.5) is 52.7 Å². The van der Waals surface area contributed by atoms with E-state index in [-0.39, 0.29) is 12.8 Å². The van der Waals surface area contributed by atoms with Crippen LogP contribution < -0.4 is 5.32 Å². The zero-order valence-corrected chi connectivity index (χ0v) is 13.1. The van der Waals surface area contributed by atoms with E-state index in [1.54, 1.807) is 0 Å². The van der Waals surface area contributed by atoms with Gasteiger partial charge in [0.15, 0.2) is 0 Å². The highest BCUT2D eigenvalue weighted by Crippen LogP contribution is 2.58. The molecule has 27 heavy (non-hydrogen) atoms. The first-order chi connectivity index (χ1) is 11.9. The lowest BCUT2D eigenvalue weighted by atomic mass is 9.92. The van der Waals surface area contributed by atoms with E-state index in [0.29, 0.717) is 19.3 Å². The lowest BCUT2D eigenvalue weighted by Crippen LogP contribution is -2.71. The van der Waals surface area contributed by atoms with E-state index in [2.05, 4.69) is 0 Å². The molecule has 0 saturated heterocycles. The molecule has 1 rings (SSSR count). The van der Waals surface area contributed by atoms with Gasteiger partial charge in [0.25, 0.3) is 5.91 Å². The SMILES string of the molecule is O=C(NC1CCCCC1)C(F)(F)C(F)(F)C(F)(F)C(F)(F)C(F)(F)C(F)F. The largest absolute Gasteiger partial charge is 0.392 e. The van der Waals surface area contributed by atoms with E-state index in [1.165, 1.54) is 5.32 Å². The van der Waals surface area contributed by atoms with Crippen molar-refractivity contribution in [3.8, 4) is 0 Å². The van der Waals surface area contributed by atoms with Crippen molar-refractivity contribution in [1.29, 1.82) is 0 Å². The highest BCUT2D eigenvalue weighted by molar-refractivity contribution is 5.85. The number of nitrogens with one attached hydrogen (secondary N) is 1. The molecule has 0 heterocycles. The van der Waals surface area contributed by atoms with E-state index in [1.807, 2.05) is 0 Å². The molecule has 1 N–H and O–H groups in total. The zero-order valence-electron chi connectivity index (χ0n) is 13.1. The third kappa shape index (κ3) is 3.67. The molecule has 0 aromatic rings. The molecule has 0 unspecified atom stereocenters. The normalized spacial score (nSPS) is 18.7. The predicted octanol–water partition coefficient (Wildman–Crippen LogP) is 4.88. The summed E-state index contributed by atoms with van der Waals surface area (Å²) >= 11 is 0. The second-order valence-electron chi connectivity index (χ2n) is 6.03. The molecular weight excluding hydrogens is 414 g/mol. The van der Waals surface area contributed by atoms with Crippen molar-refractivity contribution in [3.05, 3.63) is 0 Å². The van der Waals surface area contributed by atoms with E-state index in [0.717, 1.165) is 0 Å². The lowest BCUT2D eigenvalue weighted by molar-refractivity contribution is -0.407. The summed E-state index contributed by atoms with van der Waals surface area (Å²) in [7, 11) is 0. The van der Waals surface area contributed by atoms with Gasteiger partial charge in [0, 0.05) is 6.04 Å². The van der Waals surface area contributed by atoms with Crippen molar-refractivity contribution in [2.24, 2.45) is 0 Å². The molecule has 1 fully saturated rings. The van der Waals surface area contributed by atoms with Gasteiger partial charge in [-0.2, -0.15) is 43.9 Å². The number of halogens is 12. The Hall–Kier alpha value is -1.37. The quantitative estimate of drug-likeness (QED) is 0.577. The van der Waals surface area contributed by atoms with Crippen molar-refractivity contribution < 1.29 is 57.5 Å². The second kappa shape index (κ2) is 7.22. The van der Waals surface area contributed by atoms with Crippen molar-refractivity contribution in [1.82, 2.24) is 5.32 Å². The first-order valence-corrected chi connectivity index (χ1v) is 7.42. The maximum atomic E-state index is 13.6. The first kappa shape index (κ1) is 23.7. The van der Waals surface area contributed by atoms with Crippen LogP contribution >= 0.6 is 0 Å². The smallest absolute Gasteiger partial charge is 0.348 e. The average molecular weight is 427 g/mol. The zero-order chi connectivity index (χ0) is 21.5. The molecule has 0 aromatic heterocycles. The Morgan fingerprint density at radius 1 is 0.741 bits per heavy atom. The number of hydrogen-bond acceptors (Lipinski definition) is 1. The van der Waals surface area contributed by atoms with Crippen LogP contribution in [0.3, 0.4) is 0 Å². The van der Waals surface area contributed by atoms with Gasteiger partial charge < -0.3 is 5.32 Å². The van der Waals surface area contributed by atoms with Gasteiger partial charge in [-0.05, 0) is 12.8 Å². The van der Waals surface area contributed by atoms with Gasteiger partial charge >= 0.3 is 36.0 Å². The molecule has 14 heteroatoms. The third-order valence-corrected chi connectivity index (χ3v) is 4.10. The summed E-state index contributed by atoms with van der Waals surface area (Å²) in [5, 5.41) is 1.27. The Balaban J connectivity index is 3.20. The fraction of sp³-hybridized carbons (Fsp3) is 0.923. The molecule has 1 saturated carbocycles. The molecule has 160 valence electrons. The summed E-state index contributed by atoms with van der Waals surface area (Å²) < 4.78 is 156. The Morgan fingerprint density at radius 3 is 1.59 bits per heavy atom. The van der Waals surface area contributed by atoms with Crippen LogP contribution in [0.2, 0.25) is 0 Å². The molecule has 1 aliphatic rings. The van der Waals surface area contributed by atoms with Crippen molar-refractivity contribution >= 4 is 5.91 Å². The summed E-state index contributed by atoms with van der Waals surface area (Å²) in [6, 6.07) is -1.15. The minimum Gasteiger partial charge on any atom is -0.348 e. The molecule has 1 aliphatic carbocycles. The molecule has 0 bridgehead atoms. The minimum absolute atomic E-state index is 0.00337. The number of carbonyl (C=O) groups excluding carboxylic acids is 1. The molecule has 0 spiro atoms. The highest BCUT2D eigenvalue weighted by Gasteiger charge is 2.89. The lowest BCUT2D eigenvalue weighted by Gasteiger charge is -2.39. The van der Waals surface area contributed by atoms with Crippen LogP contribution in [0, 0.1) is 0 Å². The summed E-state index contributed by atoms with van der Waals surface area (Å²) in [5.41, 5.74) is 0. The maximum Gasteiger partial charge on any atom is 0.392 e. The number of rotatable bonds is 7. The predicted molar refractivity (Wildman–Crippen MR) is 65.8 cm³/mol. The highest BCUT2D eigenvalue weighted by atomic mass is 19.4. The van der Waals surface area contributed by atoms with E-state index in [4.69, 9.17) is 0 Å². The van der Waals surface area contributed by atoms with Crippen LogP contribution in [0.5, 0.6) is 0 Å². The Kier molecular flexibility index (Phi) is 6.33. The number of alkyl halides is 12. The van der Waals surface area contributed by atoms with Crippen molar-refractivity contribution in [2.75, 3.05) is 0 Å². The van der Waals surface area contributed by atoms with Crippen LogP contribution in [0.15, 0.2) is 0 Å². The molecule has 0 radical (unpaired) electrons. The first-order valence-electron chi connectivity index (χ1n) is 7.42. The number of hydrogen-bond donors (Lipinski definition) is 1. The van der Waals surface area contributed by atoms with Gasteiger partial charge in [0.05, 0.1) is 0 Å². The molecule has 0 aliphatic heterocycles. The Bertz CT molecular complexity index is 541. The minimum atomic E-state index is -7.69. The molecular formula is C13H13F12NO. The van der Waals surface area contributed by atoms with E-state index in [9.17, 15) is 57.5 Å². The van der Waals surface area contributed by atoms with E-state index < -0.39 is 48.0 Å². The van der Waals surface area contributed by atoms with Crippen LogP contribution in [-0.2, 0) is 4.79 Å². The fourth-order valence-corrected chi connectivity index (χ4v) is 2.41. The summed E-state index contributed by atoms with van der Waals surface area (Å²) in [5.74, 6) is -39.4. The van der Waals surface area contributed by atoms with Crippen molar-refractivity contribution in [2.45, 2.75) is 74.2 Å². The van der Waals surface area contributed by atoms with Crippen LogP contribution in [0.25, 0.3) is 0 Å². The van der Waals surface area contributed by atoms with Gasteiger partial charge in [-0.15, -0.1) is 0 Å². The number of amides is 1. The topological polar surface area (TPSA) is 29.1 Å². The van der Waals surface area contributed by atoms with Crippen LogP contribution in [0.1, 0.15) is 32.1 Å². The average Bonchev–Trinajstić information content (AvgIpc) is 2.54. The summed E-state index contributed by atoms with van der Waals surface area (Å²) in [4.78, 5) is 11.3. The van der Waals surface area contributed by atoms with Gasteiger partial charge in [-0.25, -0.2) is 8.78 Å². The second-order valence-corrected chi connectivity index (χ2v) is 6.03. The Labute approximate surface area is 144 Å². The molecule has 0 aromatic carbocycles. The van der Waals surface area contributed by atoms with Gasteiger partial charge in [-0.3, -0.25) is 4.79 Å². The fourth-order valence-electron chi connectivity index (χ4n) is 2.41. The van der Waals surface area contributed by atoms with Crippen LogP contribution in [-0.4, -0.2) is 48.0 Å². The van der Waals surface area contributed by atoms with E-state index >= 15 is 0 Å². The Morgan fingerprint density at radius 2 is 1.19 bits per heavy atom. The maximum absolute atomic E-state index is 13.6. The molecule has 2 nitrogen and oxygen atoms in total.